The van der Waals surface area contributed by atoms with Crippen molar-refractivity contribution in [3.05, 3.63) is 77.2 Å². The third-order valence-corrected chi connectivity index (χ3v) is 5.71. The Bertz CT molecular complexity index is 1210. The molecule has 3 heterocycles. The second-order valence-corrected chi connectivity index (χ2v) is 8.39. The Balaban J connectivity index is 1.24. The van der Waals surface area contributed by atoms with Crippen molar-refractivity contribution < 1.29 is 24.2 Å². The monoisotopic (exact) mass is 492 g/mol. The van der Waals surface area contributed by atoms with Crippen LogP contribution in [0.1, 0.15) is 33.6 Å². The van der Waals surface area contributed by atoms with E-state index in [-0.39, 0.29) is 18.7 Å². The van der Waals surface area contributed by atoms with Crippen LogP contribution in [-0.2, 0) is 35.5 Å². The number of carbonyl (C=O) groups excluding carboxylic acids is 2. The van der Waals surface area contributed by atoms with Gasteiger partial charge in [0.1, 0.15) is 18.5 Å². The molecule has 4 rings (SSSR count). The highest BCUT2D eigenvalue weighted by Crippen LogP contribution is 2.20. The van der Waals surface area contributed by atoms with Crippen LogP contribution in [0.2, 0.25) is 0 Å². The number of carboxylic acid groups (broad SMARTS) is 1. The number of anilines is 1. The summed E-state index contributed by atoms with van der Waals surface area (Å²) in [6, 6.07) is 11.7. The number of carboxylic acids is 1. The first kappa shape index (κ1) is 24.7. The van der Waals surface area contributed by atoms with Gasteiger partial charge < -0.3 is 25.8 Å². The van der Waals surface area contributed by atoms with Gasteiger partial charge in [0.2, 0.25) is 0 Å². The van der Waals surface area contributed by atoms with E-state index in [1.165, 1.54) is 11.8 Å². The number of aryl methyl sites for hydroxylation is 3. The number of hydrogen-bond donors (Lipinski definition) is 4. The van der Waals surface area contributed by atoms with Gasteiger partial charge in [-0.15, -0.1) is 0 Å². The summed E-state index contributed by atoms with van der Waals surface area (Å²) in [6.45, 7) is 1.15. The number of fused-ring (bicyclic) bond motifs is 1. The van der Waals surface area contributed by atoms with Crippen LogP contribution >= 0.6 is 0 Å². The molecule has 1 aliphatic rings. The number of nitrogens with one attached hydrogen (secondary N) is 3. The normalized spacial score (nSPS) is 13.1. The lowest BCUT2D eigenvalue weighted by Gasteiger charge is -2.17. The lowest BCUT2D eigenvalue weighted by molar-refractivity contribution is -0.139. The summed E-state index contributed by atoms with van der Waals surface area (Å²) in [5.74, 6) is -0.859. The van der Waals surface area contributed by atoms with E-state index in [1.54, 1.807) is 35.1 Å². The van der Waals surface area contributed by atoms with Gasteiger partial charge in [-0.25, -0.2) is 14.6 Å². The third kappa shape index (κ3) is 6.81. The minimum Gasteiger partial charge on any atom is -0.480 e. The molecule has 0 saturated heterocycles. The van der Waals surface area contributed by atoms with Crippen LogP contribution in [-0.4, -0.2) is 57.0 Å². The van der Waals surface area contributed by atoms with Crippen molar-refractivity contribution in [2.24, 2.45) is 0 Å². The van der Waals surface area contributed by atoms with Crippen LogP contribution in [0.25, 0.3) is 0 Å². The molecule has 0 spiro atoms. The average Bonchev–Trinajstić information content (AvgIpc) is 3.38. The van der Waals surface area contributed by atoms with Gasteiger partial charge in [-0.3, -0.25) is 9.48 Å². The van der Waals surface area contributed by atoms with Gasteiger partial charge in [0.15, 0.2) is 0 Å². The van der Waals surface area contributed by atoms with E-state index < -0.39 is 24.0 Å². The molecule has 188 valence electrons. The molecule has 0 saturated carbocycles. The van der Waals surface area contributed by atoms with Crippen LogP contribution in [0.5, 0.6) is 0 Å². The zero-order valence-corrected chi connectivity index (χ0v) is 19.6. The zero-order valence-electron chi connectivity index (χ0n) is 19.6. The van der Waals surface area contributed by atoms with E-state index in [4.69, 9.17) is 4.74 Å². The van der Waals surface area contributed by atoms with E-state index in [0.717, 1.165) is 36.5 Å². The largest absolute Gasteiger partial charge is 0.480 e. The molecule has 2 amide bonds. The molecule has 1 aliphatic heterocycles. The molecule has 3 aromatic rings. The molecule has 2 aromatic heterocycles. The molecule has 4 N–H and O–H groups in total. The van der Waals surface area contributed by atoms with E-state index in [9.17, 15) is 19.5 Å². The maximum Gasteiger partial charge on any atom is 0.408 e. The molecular weight excluding hydrogens is 464 g/mol. The number of benzene rings is 1. The number of nitrogens with zero attached hydrogens (tertiary/aromatic N) is 3. The Kier molecular flexibility index (Phi) is 8.12. The molecule has 1 unspecified atom stereocenters. The number of aromatic nitrogens is 3. The van der Waals surface area contributed by atoms with Gasteiger partial charge in [-0.05, 0) is 30.0 Å². The summed E-state index contributed by atoms with van der Waals surface area (Å²) in [5.41, 5.74) is 3.20. The Morgan fingerprint density at radius 1 is 1.17 bits per heavy atom. The number of carbonyl (C=O) groups is 3. The molecule has 0 aliphatic carbocycles. The fourth-order valence-corrected chi connectivity index (χ4v) is 3.74. The van der Waals surface area contributed by atoms with Crippen molar-refractivity contribution in [1.82, 2.24) is 25.4 Å². The Morgan fingerprint density at radius 2 is 2.00 bits per heavy atom. The van der Waals surface area contributed by atoms with Crippen molar-refractivity contribution in [2.75, 3.05) is 18.4 Å². The quantitative estimate of drug-likeness (QED) is 0.336. The van der Waals surface area contributed by atoms with Crippen molar-refractivity contribution in [3.63, 3.8) is 0 Å². The summed E-state index contributed by atoms with van der Waals surface area (Å²) in [7, 11) is 0. The van der Waals surface area contributed by atoms with Gasteiger partial charge in [-0.2, -0.15) is 5.10 Å². The fraction of sp³-hybridized carbons (Fsp3) is 0.320. The summed E-state index contributed by atoms with van der Waals surface area (Å²) in [4.78, 5) is 40.7. The van der Waals surface area contributed by atoms with Crippen LogP contribution in [0.15, 0.2) is 54.9 Å². The Morgan fingerprint density at radius 3 is 2.81 bits per heavy atom. The minimum atomic E-state index is -1.35. The molecule has 11 heteroatoms. The highest BCUT2D eigenvalue weighted by molar-refractivity contribution is 5.94. The summed E-state index contributed by atoms with van der Waals surface area (Å²) in [6.07, 6.45) is 4.89. The molecule has 11 nitrogen and oxygen atoms in total. The van der Waals surface area contributed by atoms with Gasteiger partial charge in [0.05, 0.1) is 11.8 Å². The first-order valence-electron chi connectivity index (χ1n) is 11.7. The topological polar surface area (TPSA) is 147 Å². The molecule has 36 heavy (non-hydrogen) atoms. The summed E-state index contributed by atoms with van der Waals surface area (Å²) >= 11 is 0. The lowest BCUT2D eigenvalue weighted by Crippen LogP contribution is -2.48. The SMILES string of the molecule is O=C(NC(CNC(=O)c1cnn(CCc2ccc3c(n2)NCCC3)c1)C(=O)O)OCc1ccccc1. The predicted molar refractivity (Wildman–Crippen MR) is 130 cm³/mol. The fourth-order valence-electron chi connectivity index (χ4n) is 3.74. The van der Waals surface area contributed by atoms with Crippen LogP contribution < -0.4 is 16.0 Å². The number of pyridine rings is 1. The molecule has 0 radical (unpaired) electrons. The van der Waals surface area contributed by atoms with Crippen molar-refractivity contribution in [2.45, 2.75) is 38.5 Å². The summed E-state index contributed by atoms with van der Waals surface area (Å²) < 4.78 is 6.69. The van der Waals surface area contributed by atoms with E-state index in [2.05, 4.69) is 32.1 Å². The second kappa shape index (κ2) is 11.8. The predicted octanol–water partition coefficient (Wildman–Crippen LogP) is 1.99. The van der Waals surface area contributed by atoms with Gasteiger partial charge in [-0.1, -0.05) is 36.4 Å². The van der Waals surface area contributed by atoms with Crippen LogP contribution in [0, 0.1) is 0 Å². The number of ether oxygens (including phenoxy) is 1. The summed E-state index contributed by atoms with van der Waals surface area (Å²) in [5, 5.41) is 21.7. The number of alkyl carbamates (subject to hydrolysis) is 1. The number of hydrogen-bond acceptors (Lipinski definition) is 7. The third-order valence-electron chi connectivity index (χ3n) is 5.71. The van der Waals surface area contributed by atoms with Crippen molar-refractivity contribution in [1.29, 1.82) is 0 Å². The van der Waals surface area contributed by atoms with Gasteiger partial charge in [0.25, 0.3) is 5.91 Å². The highest BCUT2D eigenvalue weighted by Gasteiger charge is 2.22. The molecular formula is C25H28N6O5. The average molecular weight is 493 g/mol. The molecule has 0 fully saturated rings. The molecule has 1 atom stereocenters. The molecule has 0 bridgehead atoms. The standard InChI is InChI=1S/C25H28N6O5/c32-23(27-14-21(24(33)34)30-25(35)36-16-17-5-2-1-3-6-17)19-13-28-31(15-19)12-10-20-9-8-18-7-4-11-26-22(18)29-20/h1-3,5-6,8-9,13,15,21H,4,7,10-12,14,16H2,(H,26,29)(H,27,32)(H,30,35)(H,33,34). The van der Waals surface area contributed by atoms with Gasteiger partial charge >= 0.3 is 12.1 Å². The van der Waals surface area contributed by atoms with Crippen LogP contribution in [0.3, 0.4) is 0 Å². The van der Waals surface area contributed by atoms with Crippen molar-refractivity contribution >= 4 is 23.8 Å². The second-order valence-electron chi connectivity index (χ2n) is 8.39. The smallest absolute Gasteiger partial charge is 0.408 e. The first-order valence-corrected chi connectivity index (χ1v) is 11.7. The van der Waals surface area contributed by atoms with E-state index in [0.29, 0.717) is 13.0 Å². The zero-order chi connectivity index (χ0) is 25.3. The lowest BCUT2D eigenvalue weighted by atomic mass is 10.1. The Hall–Kier alpha value is -4.41. The maximum atomic E-state index is 12.5. The van der Waals surface area contributed by atoms with E-state index in [1.807, 2.05) is 12.1 Å². The Labute approximate surface area is 207 Å². The number of aliphatic carboxylic acids is 1. The van der Waals surface area contributed by atoms with Crippen LogP contribution in [0.4, 0.5) is 10.6 Å². The number of rotatable bonds is 10. The highest BCUT2D eigenvalue weighted by atomic mass is 16.5. The molecule has 1 aromatic carbocycles. The van der Waals surface area contributed by atoms with Gasteiger partial charge in [0, 0.05) is 37.9 Å². The maximum absolute atomic E-state index is 12.5. The van der Waals surface area contributed by atoms with E-state index >= 15 is 0 Å². The van der Waals surface area contributed by atoms with Crippen molar-refractivity contribution in [3.8, 4) is 0 Å². The number of amides is 2. The minimum absolute atomic E-state index is 0.00203. The first-order chi connectivity index (χ1) is 17.5.